The Morgan fingerprint density at radius 1 is 0.968 bits per heavy atom. The molecule has 1 unspecified atom stereocenters. The lowest BCUT2D eigenvalue weighted by molar-refractivity contribution is -0.137. The van der Waals surface area contributed by atoms with E-state index in [1.54, 1.807) is 24.1 Å². The smallest absolute Gasteiger partial charge is 0.269 e. The van der Waals surface area contributed by atoms with E-state index in [9.17, 15) is 24.0 Å². The first-order chi connectivity index (χ1) is 30.1. The second kappa shape index (κ2) is 15.8. The molecule has 5 amide bonds. The summed E-state index contributed by atoms with van der Waals surface area (Å²) in [6.07, 6.45) is 7.34. The lowest BCUT2D eigenvalue weighted by Gasteiger charge is -2.30. The van der Waals surface area contributed by atoms with Crippen molar-refractivity contribution in [1.29, 1.82) is 0 Å². The Bertz CT molecular complexity index is 2670. The summed E-state index contributed by atoms with van der Waals surface area (Å²) in [6, 6.07) is 14.9. The van der Waals surface area contributed by atoms with E-state index in [4.69, 9.17) is 19.4 Å². The Hall–Kier alpha value is -6.48. The van der Waals surface area contributed by atoms with Crippen molar-refractivity contribution >= 4 is 40.3 Å². The minimum Gasteiger partial charge on any atom is -0.492 e. The van der Waals surface area contributed by atoms with Crippen molar-refractivity contribution in [3.05, 3.63) is 94.8 Å². The fourth-order valence-corrected chi connectivity index (χ4v) is 9.90. The SMILES string of the molecule is CC(=O)N1CCn2c(C3CCOCC3)nc(-c3cccc4cc(-c5ccc(C(=O)NCCC[C@]6(C)COc7c6ccc6c7CN(C7CCC(=O)NC7=O)C6=O)nc5)ncc34)c2C1. The van der Waals surface area contributed by atoms with Crippen molar-refractivity contribution in [3.8, 4) is 28.3 Å². The summed E-state index contributed by atoms with van der Waals surface area (Å²) in [5.74, 6) is 0.888. The molecule has 15 nitrogen and oxygen atoms in total. The number of aromatic nitrogens is 4. The maximum atomic E-state index is 13.3. The van der Waals surface area contributed by atoms with Gasteiger partial charge in [-0.15, -0.1) is 0 Å². The summed E-state index contributed by atoms with van der Waals surface area (Å²) in [5, 5.41) is 7.33. The van der Waals surface area contributed by atoms with Crippen LogP contribution in [0.1, 0.15) is 102 Å². The molecule has 2 fully saturated rings. The molecular formula is C47H48N8O7. The minimum absolute atomic E-state index is 0.0572. The number of hydrogen-bond acceptors (Lipinski definition) is 10. The number of benzene rings is 2. The van der Waals surface area contributed by atoms with Crippen LogP contribution in [0, 0.1) is 0 Å². The highest BCUT2D eigenvalue weighted by Gasteiger charge is 2.44. The normalized spacial score (nSPS) is 21.1. The summed E-state index contributed by atoms with van der Waals surface area (Å²) in [6.45, 7) is 8.23. The molecular weight excluding hydrogens is 789 g/mol. The zero-order valence-electron chi connectivity index (χ0n) is 34.9. The van der Waals surface area contributed by atoms with E-state index in [2.05, 4.69) is 39.2 Å². The molecule has 0 radical (unpaired) electrons. The van der Waals surface area contributed by atoms with Gasteiger partial charge in [-0.05, 0) is 61.8 Å². The second-order valence-corrected chi connectivity index (χ2v) is 17.3. The van der Waals surface area contributed by atoms with Crippen LogP contribution >= 0.6 is 0 Å². The Labute approximate surface area is 358 Å². The third kappa shape index (κ3) is 6.97. The highest BCUT2D eigenvalue weighted by Crippen LogP contribution is 2.47. The van der Waals surface area contributed by atoms with Gasteiger partial charge in [0.25, 0.3) is 11.8 Å². The van der Waals surface area contributed by atoms with E-state index in [-0.39, 0.29) is 42.0 Å². The number of nitrogens with zero attached hydrogens (tertiary/aromatic N) is 6. The van der Waals surface area contributed by atoms with Crippen molar-refractivity contribution in [2.24, 2.45) is 0 Å². The molecule has 0 bridgehead atoms. The summed E-state index contributed by atoms with van der Waals surface area (Å²) < 4.78 is 14.2. The van der Waals surface area contributed by atoms with E-state index in [1.807, 2.05) is 41.4 Å². The monoisotopic (exact) mass is 836 g/mol. The quantitative estimate of drug-likeness (QED) is 0.151. The lowest BCUT2D eigenvalue weighted by atomic mass is 9.79. The van der Waals surface area contributed by atoms with E-state index in [1.165, 1.54) is 0 Å². The maximum Gasteiger partial charge on any atom is 0.269 e. The molecule has 2 aromatic carbocycles. The molecule has 5 aliphatic rings. The highest BCUT2D eigenvalue weighted by atomic mass is 16.5. The van der Waals surface area contributed by atoms with E-state index in [0.29, 0.717) is 62.0 Å². The number of carbonyl (C=O) groups is 5. The van der Waals surface area contributed by atoms with Crippen LogP contribution in [0.3, 0.4) is 0 Å². The van der Waals surface area contributed by atoms with Gasteiger partial charge >= 0.3 is 0 Å². The van der Waals surface area contributed by atoms with Crippen molar-refractivity contribution in [1.82, 2.24) is 40.0 Å². The molecule has 5 aliphatic heterocycles. The van der Waals surface area contributed by atoms with Crippen molar-refractivity contribution in [3.63, 3.8) is 0 Å². The molecule has 0 spiro atoms. The number of imide groups is 1. The van der Waals surface area contributed by atoms with Crippen LogP contribution < -0.4 is 15.4 Å². The topological polar surface area (TPSA) is 178 Å². The van der Waals surface area contributed by atoms with E-state index in [0.717, 1.165) is 95.0 Å². The van der Waals surface area contributed by atoms with Crippen LogP contribution in [0.15, 0.2) is 60.9 Å². The van der Waals surface area contributed by atoms with Gasteiger partial charge in [-0.2, -0.15) is 0 Å². The van der Waals surface area contributed by atoms with Gasteiger partial charge in [-0.1, -0.05) is 31.2 Å². The third-order valence-corrected chi connectivity index (χ3v) is 13.4. The first-order valence-electron chi connectivity index (χ1n) is 21.6. The van der Waals surface area contributed by atoms with Crippen LogP contribution in [-0.4, -0.2) is 97.8 Å². The van der Waals surface area contributed by atoms with Crippen LogP contribution in [0.2, 0.25) is 0 Å². The Kier molecular flexibility index (Phi) is 10.1. The predicted octanol–water partition coefficient (Wildman–Crippen LogP) is 5.04. The van der Waals surface area contributed by atoms with Crippen LogP contribution in [-0.2, 0) is 44.2 Å². The second-order valence-electron chi connectivity index (χ2n) is 17.3. The fourth-order valence-electron chi connectivity index (χ4n) is 9.90. The van der Waals surface area contributed by atoms with Gasteiger partial charge in [-0.25, -0.2) is 4.98 Å². The molecule has 2 N–H and O–H groups in total. The summed E-state index contributed by atoms with van der Waals surface area (Å²) in [7, 11) is 0. The maximum absolute atomic E-state index is 13.3. The van der Waals surface area contributed by atoms with Gasteiger partial charge < -0.3 is 29.2 Å². The van der Waals surface area contributed by atoms with Crippen molar-refractivity contribution in [2.45, 2.75) is 89.4 Å². The van der Waals surface area contributed by atoms with Gasteiger partial charge in [0, 0.05) is 103 Å². The largest absolute Gasteiger partial charge is 0.492 e. The first kappa shape index (κ1) is 39.6. The van der Waals surface area contributed by atoms with Gasteiger partial charge in [0.1, 0.15) is 23.3 Å². The molecule has 0 saturated carbocycles. The molecule has 318 valence electrons. The minimum atomic E-state index is -0.686. The predicted molar refractivity (Wildman–Crippen MR) is 227 cm³/mol. The Balaban J connectivity index is 0.791. The Morgan fingerprint density at radius 3 is 2.61 bits per heavy atom. The van der Waals surface area contributed by atoms with Crippen LogP contribution in [0.5, 0.6) is 5.75 Å². The van der Waals surface area contributed by atoms with Gasteiger partial charge in [0.2, 0.25) is 17.7 Å². The van der Waals surface area contributed by atoms with Crippen molar-refractivity contribution in [2.75, 3.05) is 32.9 Å². The van der Waals surface area contributed by atoms with Crippen LogP contribution in [0.25, 0.3) is 33.3 Å². The van der Waals surface area contributed by atoms with E-state index >= 15 is 0 Å². The third-order valence-electron chi connectivity index (χ3n) is 13.4. The molecule has 62 heavy (non-hydrogen) atoms. The van der Waals surface area contributed by atoms with Gasteiger partial charge in [0.15, 0.2) is 0 Å². The van der Waals surface area contributed by atoms with Crippen LogP contribution in [0.4, 0.5) is 0 Å². The molecule has 8 heterocycles. The van der Waals surface area contributed by atoms with Gasteiger partial charge in [0.05, 0.1) is 36.8 Å². The number of nitrogens with one attached hydrogen (secondary N) is 2. The molecule has 2 atom stereocenters. The van der Waals surface area contributed by atoms with Gasteiger partial charge in [-0.3, -0.25) is 39.3 Å². The summed E-state index contributed by atoms with van der Waals surface area (Å²) >= 11 is 0. The number of piperidine rings is 1. The number of pyridine rings is 2. The standard InChI is InChI=1S/C47H48N8O7/c1-27(56)53-17-18-54-39(25-53)41(52-43(54)28-13-19-61-20-14-28)31-6-3-5-29-21-37(50-23-33(29)31)30-7-10-36(49-22-30)44(58)48-16-4-15-47(2)26-62-42-34-24-55(38-11-12-40(57)51-45(38)59)46(60)32(34)8-9-35(42)47/h3,5-10,21-23,28,38H,4,11-20,24-26H2,1-2H3,(H,48,58)(H,51,57,59)/t38?,47-/m1/s1. The highest BCUT2D eigenvalue weighted by molar-refractivity contribution is 6.06. The molecule has 15 heteroatoms. The molecule has 2 saturated heterocycles. The first-order valence-corrected chi connectivity index (χ1v) is 21.6. The molecule has 10 rings (SSSR count). The number of carbonyl (C=O) groups excluding carboxylic acids is 5. The molecule has 3 aromatic heterocycles. The lowest BCUT2D eigenvalue weighted by Crippen LogP contribution is -2.52. The molecule has 5 aromatic rings. The van der Waals surface area contributed by atoms with E-state index < -0.39 is 11.9 Å². The van der Waals surface area contributed by atoms with Crippen molar-refractivity contribution < 1.29 is 33.4 Å². The summed E-state index contributed by atoms with van der Waals surface area (Å²) in [4.78, 5) is 81.3. The Morgan fingerprint density at radius 2 is 1.82 bits per heavy atom. The zero-order valence-corrected chi connectivity index (χ0v) is 34.9. The fraction of sp³-hybridized carbons (Fsp3) is 0.404. The zero-order chi connectivity index (χ0) is 42.7. The average molecular weight is 837 g/mol. The number of rotatable bonds is 9. The average Bonchev–Trinajstić information content (AvgIpc) is 3.95. The molecule has 0 aliphatic carbocycles. The summed E-state index contributed by atoms with van der Waals surface area (Å²) in [5.41, 5.74) is 6.76. The number of amides is 5. The number of imidazole rings is 1. The number of ether oxygens (including phenoxy) is 2. The number of hydrogen-bond donors (Lipinski definition) is 2. The number of fused-ring (bicyclic) bond motifs is 5.